The summed E-state index contributed by atoms with van der Waals surface area (Å²) in [4.78, 5) is 12.9. The monoisotopic (exact) mass is 256 g/mol. The first-order valence-electron chi connectivity index (χ1n) is 5.05. The molecule has 1 amide bonds. The van der Waals surface area contributed by atoms with Crippen molar-refractivity contribution in [3.05, 3.63) is 0 Å². The molecule has 1 saturated heterocycles. The van der Waals surface area contributed by atoms with Gasteiger partial charge in [0.1, 0.15) is 0 Å². The lowest BCUT2D eigenvalue weighted by molar-refractivity contribution is -0.127. The molecule has 0 saturated carbocycles. The lowest BCUT2D eigenvalue weighted by Gasteiger charge is -2.16. The van der Waals surface area contributed by atoms with Crippen molar-refractivity contribution in [3.63, 3.8) is 0 Å². The molecule has 0 aromatic carbocycles. The van der Waals surface area contributed by atoms with Gasteiger partial charge in [-0.05, 0) is 37.7 Å². The number of nitrogens with one attached hydrogen (secondary N) is 1. The van der Waals surface area contributed by atoms with Gasteiger partial charge in [0, 0.05) is 13.1 Å². The van der Waals surface area contributed by atoms with Crippen LogP contribution in [-0.4, -0.2) is 48.8 Å². The van der Waals surface area contributed by atoms with E-state index in [0.717, 1.165) is 13.0 Å². The molecule has 0 spiro atoms. The van der Waals surface area contributed by atoms with Crippen molar-refractivity contribution in [2.45, 2.75) is 11.9 Å². The second-order valence-corrected chi connectivity index (χ2v) is 4.83. The van der Waals surface area contributed by atoms with Crippen LogP contribution in [0.3, 0.4) is 0 Å². The standard InChI is InChI=1S/C9H15F3N2OS/c1-13-4-7-2-3-14(5-7)8(15)6-16-9(10,11)12/h7,13H,2-6H2,1H3/t7-/m1/s1. The van der Waals surface area contributed by atoms with Crippen molar-refractivity contribution >= 4 is 17.7 Å². The Kier molecular flexibility index (Phi) is 4.91. The van der Waals surface area contributed by atoms with Gasteiger partial charge in [0.25, 0.3) is 0 Å². The van der Waals surface area contributed by atoms with Crippen molar-refractivity contribution in [1.82, 2.24) is 10.2 Å². The molecule has 0 aromatic heterocycles. The fraction of sp³-hybridized carbons (Fsp3) is 0.889. The van der Waals surface area contributed by atoms with Crippen LogP contribution in [0.5, 0.6) is 0 Å². The van der Waals surface area contributed by atoms with Gasteiger partial charge in [-0.15, -0.1) is 0 Å². The summed E-state index contributed by atoms with van der Waals surface area (Å²) < 4.78 is 35.6. The Labute approximate surface area is 96.7 Å². The molecule has 1 N–H and O–H groups in total. The van der Waals surface area contributed by atoms with Gasteiger partial charge in [-0.2, -0.15) is 13.2 Å². The molecule has 0 aliphatic carbocycles. The molecule has 94 valence electrons. The summed E-state index contributed by atoms with van der Waals surface area (Å²) >= 11 is -0.264. The van der Waals surface area contributed by atoms with E-state index in [9.17, 15) is 18.0 Å². The number of carbonyl (C=O) groups is 1. The number of rotatable bonds is 4. The van der Waals surface area contributed by atoms with E-state index in [-0.39, 0.29) is 11.8 Å². The topological polar surface area (TPSA) is 32.3 Å². The number of hydrogen-bond donors (Lipinski definition) is 1. The molecule has 0 bridgehead atoms. The van der Waals surface area contributed by atoms with Crippen LogP contribution >= 0.6 is 11.8 Å². The van der Waals surface area contributed by atoms with E-state index >= 15 is 0 Å². The highest BCUT2D eigenvalue weighted by atomic mass is 32.2. The number of carbonyl (C=O) groups excluding carboxylic acids is 1. The molecular formula is C9H15F3N2OS. The molecule has 1 aliphatic heterocycles. The highest BCUT2D eigenvalue weighted by molar-refractivity contribution is 8.00. The van der Waals surface area contributed by atoms with E-state index in [0.29, 0.717) is 19.0 Å². The maximum absolute atomic E-state index is 11.9. The third-order valence-corrected chi connectivity index (χ3v) is 3.21. The zero-order valence-corrected chi connectivity index (χ0v) is 9.83. The zero-order valence-electron chi connectivity index (χ0n) is 9.01. The van der Waals surface area contributed by atoms with Crippen molar-refractivity contribution in [2.24, 2.45) is 5.92 Å². The van der Waals surface area contributed by atoms with Gasteiger partial charge in [-0.3, -0.25) is 4.79 Å². The third kappa shape index (κ3) is 4.61. The second kappa shape index (κ2) is 5.77. The predicted molar refractivity (Wildman–Crippen MR) is 57.1 cm³/mol. The Morgan fingerprint density at radius 1 is 1.56 bits per heavy atom. The summed E-state index contributed by atoms with van der Waals surface area (Å²) in [6.45, 7) is 1.94. The molecule has 1 heterocycles. The number of thioether (sulfide) groups is 1. The number of hydrogen-bond acceptors (Lipinski definition) is 3. The van der Waals surface area contributed by atoms with Crippen LogP contribution in [0.4, 0.5) is 13.2 Å². The molecule has 1 rings (SSSR count). The zero-order chi connectivity index (χ0) is 12.2. The minimum absolute atomic E-state index is 0.264. The first-order valence-corrected chi connectivity index (χ1v) is 6.04. The van der Waals surface area contributed by atoms with Crippen molar-refractivity contribution in [3.8, 4) is 0 Å². The SMILES string of the molecule is CNC[C@H]1CCN(C(=O)CSC(F)(F)F)C1. The first-order chi connectivity index (χ1) is 7.42. The van der Waals surface area contributed by atoms with Gasteiger partial charge in [-0.25, -0.2) is 0 Å². The van der Waals surface area contributed by atoms with Crippen molar-refractivity contribution < 1.29 is 18.0 Å². The number of halogens is 3. The van der Waals surface area contributed by atoms with Gasteiger partial charge in [0.2, 0.25) is 5.91 Å². The maximum atomic E-state index is 11.9. The lowest BCUT2D eigenvalue weighted by Crippen LogP contribution is -2.32. The molecule has 16 heavy (non-hydrogen) atoms. The number of amides is 1. The van der Waals surface area contributed by atoms with E-state index in [1.807, 2.05) is 7.05 Å². The Morgan fingerprint density at radius 3 is 2.81 bits per heavy atom. The van der Waals surface area contributed by atoms with Gasteiger partial charge >= 0.3 is 5.51 Å². The number of nitrogens with zero attached hydrogens (tertiary/aromatic N) is 1. The summed E-state index contributed by atoms with van der Waals surface area (Å²) in [5, 5.41) is 3.00. The Morgan fingerprint density at radius 2 is 2.25 bits per heavy atom. The van der Waals surface area contributed by atoms with Crippen LogP contribution in [0, 0.1) is 5.92 Å². The quantitative estimate of drug-likeness (QED) is 0.823. The summed E-state index contributed by atoms with van der Waals surface area (Å²) in [7, 11) is 1.82. The third-order valence-electron chi connectivity index (χ3n) is 2.49. The van der Waals surface area contributed by atoms with Gasteiger partial charge < -0.3 is 10.2 Å². The summed E-state index contributed by atoms with van der Waals surface area (Å²) in [6, 6.07) is 0. The van der Waals surface area contributed by atoms with E-state index in [1.54, 1.807) is 0 Å². The molecule has 0 aromatic rings. The van der Waals surface area contributed by atoms with E-state index in [4.69, 9.17) is 0 Å². The fourth-order valence-electron chi connectivity index (χ4n) is 1.75. The van der Waals surface area contributed by atoms with Crippen LogP contribution < -0.4 is 5.32 Å². The van der Waals surface area contributed by atoms with E-state index in [1.165, 1.54) is 4.90 Å². The summed E-state index contributed by atoms with van der Waals surface area (Å²) in [5.74, 6) is -0.554. The normalized spacial score (nSPS) is 21.5. The van der Waals surface area contributed by atoms with Crippen LogP contribution in [0.25, 0.3) is 0 Å². The van der Waals surface area contributed by atoms with E-state index < -0.39 is 17.2 Å². The predicted octanol–water partition coefficient (Wildman–Crippen LogP) is 1.31. The number of likely N-dealkylation sites (tertiary alicyclic amines) is 1. The molecule has 0 radical (unpaired) electrons. The van der Waals surface area contributed by atoms with Crippen molar-refractivity contribution in [1.29, 1.82) is 0 Å². The van der Waals surface area contributed by atoms with E-state index in [2.05, 4.69) is 5.32 Å². The Balaban J connectivity index is 2.28. The number of alkyl halides is 3. The largest absolute Gasteiger partial charge is 0.442 e. The highest BCUT2D eigenvalue weighted by Crippen LogP contribution is 2.30. The Hall–Kier alpha value is -0.430. The molecule has 1 atom stereocenters. The average Bonchev–Trinajstić information content (AvgIpc) is 2.62. The van der Waals surface area contributed by atoms with Crippen molar-refractivity contribution in [2.75, 3.05) is 32.4 Å². The molecule has 1 aliphatic rings. The fourth-order valence-corrected chi connectivity index (χ4v) is 2.22. The van der Waals surface area contributed by atoms with Gasteiger partial charge in [0.05, 0.1) is 5.75 Å². The Bertz CT molecular complexity index is 247. The maximum Gasteiger partial charge on any atom is 0.442 e. The molecule has 1 fully saturated rings. The molecular weight excluding hydrogens is 241 g/mol. The molecule has 7 heteroatoms. The lowest BCUT2D eigenvalue weighted by atomic mass is 10.1. The molecule has 0 unspecified atom stereocenters. The summed E-state index contributed by atoms with van der Waals surface area (Å²) in [6.07, 6.45) is 0.864. The van der Waals surface area contributed by atoms with Crippen LogP contribution in [0.15, 0.2) is 0 Å². The van der Waals surface area contributed by atoms with Crippen LogP contribution in [0.1, 0.15) is 6.42 Å². The smallest absolute Gasteiger partial charge is 0.342 e. The first kappa shape index (κ1) is 13.6. The van der Waals surface area contributed by atoms with Gasteiger partial charge in [-0.1, -0.05) is 0 Å². The minimum Gasteiger partial charge on any atom is -0.342 e. The average molecular weight is 256 g/mol. The summed E-state index contributed by atoms with van der Waals surface area (Å²) in [5.41, 5.74) is -4.32. The van der Waals surface area contributed by atoms with Gasteiger partial charge in [0.15, 0.2) is 0 Å². The van der Waals surface area contributed by atoms with Crippen LogP contribution in [0.2, 0.25) is 0 Å². The minimum atomic E-state index is -4.32. The second-order valence-electron chi connectivity index (χ2n) is 3.79. The highest BCUT2D eigenvalue weighted by Gasteiger charge is 2.32. The van der Waals surface area contributed by atoms with Crippen LogP contribution in [-0.2, 0) is 4.79 Å². The molecule has 3 nitrogen and oxygen atoms in total.